The second-order valence-corrected chi connectivity index (χ2v) is 5.60. The number of hydrogen-bond donors (Lipinski definition) is 2. The van der Waals surface area contributed by atoms with Gasteiger partial charge in [0.15, 0.2) is 5.78 Å². The van der Waals surface area contributed by atoms with Crippen LogP contribution in [0, 0.1) is 12.3 Å². The van der Waals surface area contributed by atoms with Crippen LogP contribution < -0.4 is 5.32 Å². The standard InChI is InChI=1S/C17H23NO4/c1-5-17(6-2,16(21)22)10-15(20)18-13-7-8-14(12(4)19)11(3)9-13/h7-9H,5-6,10H2,1-4H3,(H,18,20)(H,21,22). The zero-order chi connectivity index (χ0) is 16.9. The van der Waals surface area contributed by atoms with E-state index < -0.39 is 11.4 Å². The summed E-state index contributed by atoms with van der Waals surface area (Å²) >= 11 is 0. The molecule has 2 N–H and O–H groups in total. The number of carbonyl (C=O) groups is 3. The third kappa shape index (κ3) is 3.93. The zero-order valence-electron chi connectivity index (χ0n) is 13.5. The summed E-state index contributed by atoms with van der Waals surface area (Å²) in [6.07, 6.45) is 0.728. The lowest BCUT2D eigenvalue weighted by molar-refractivity contribution is -0.151. The Balaban J connectivity index is 2.87. The fourth-order valence-corrected chi connectivity index (χ4v) is 2.53. The maximum absolute atomic E-state index is 12.1. The predicted octanol–water partition coefficient (Wildman–Crippen LogP) is 3.42. The van der Waals surface area contributed by atoms with Gasteiger partial charge in [0.05, 0.1) is 5.41 Å². The van der Waals surface area contributed by atoms with Crippen molar-refractivity contribution in [3.05, 3.63) is 29.3 Å². The smallest absolute Gasteiger partial charge is 0.310 e. The number of nitrogens with one attached hydrogen (secondary N) is 1. The van der Waals surface area contributed by atoms with Gasteiger partial charge >= 0.3 is 5.97 Å². The van der Waals surface area contributed by atoms with Gasteiger partial charge in [0.2, 0.25) is 5.91 Å². The number of Topliss-reactive ketones (excluding diaryl/α,β-unsaturated/α-hetero) is 1. The van der Waals surface area contributed by atoms with Crippen LogP contribution in [0.15, 0.2) is 18.2 Å². The van der Waals surface area contributed by atoms with Crippen LogP contribution in [-0.2, 0) is 9.59 Å². The third-order valence-corrected chi connectivity index (χ3v) is 4.20. The van der Waals surface area contributed by atoms with Crippen LogP contribution in [-0.4, -0.2) is 22.8 Å². The zero-order valence-corrected chi connectivity index (χ0v) is 13.5. The first-order chi connectivity index (χ1) is 10.3. The molecule has 120 valence electrons. The average molecular weight is 305 g/mol. The number of aryl methyl sites for hydroxylation is 1. The van der Waals surface area contributed by atoms with Crippen LogP contribution >= 0.6 is 0 Å². The van der Waals surface area contributed by atoms with E-state index in [1.807, 2.05) is 0 Å². The summed E-state index contributed by atoms with van der Waals surface area (Å²) < 4.78 is 0. The van der Waals surface area contributed by atoms with E-state index in [0.29, 0.717) is 24.1 Å². The first-order valence-corrected chi connectivity index (χ1v) is 7.40. The second-order valence-electron chi connectivity index (χ2n) is 5.60. The van der Waals surface area contributed by atoms with Crippen LogP contribution in [0.2, 0.25) is 0 Å². The fraction of sp³-hybridized carbons (Fsp3) is 0.471. The molecule has 1 aromatic carbocycles. The molecule has 0 heterocycles. The Labute approximate surface area is 130 Å². The lowest BCUT2D eigenvalue weighted by atomic mass is 9.79. The number of carbonyl (C=O) groups excluding carboxylic acids is 2. The van der Waals surface area contributed by atoms with Crippen molar-refractivity contribution in [1.29, 1.82) is 0 Å². The van der Waals surface area contributed by atoms with E-state index >= 15 is 0 Å². The summed E-state index contributed by atoms with van der Waals surface area (Å²) in [7, 11) is 0. The van der Waals surface area contributed by atoms with Gasteiger partial charge in [0.25, 0.3) is 0 Å². The number of benzene rings is 1. The number of aliphatic carboxylic acids is 1. The summed E-state index contributed by atoms with van der Waals surface area (Å²) in [6, 6.07) is 5.04. The fourth-order valence-electron chi connectivity index (χ4n) is 2.53. The predicted molar refractivity (Wildman–Crippen MR) is 85.1 cm³/mol. The van der Waals surface area contributed by atoms with Crippen molar-refractivity contribution in [2.45, 2.75) is 47.0 Å². The van der Waals surface area contributed by atoms with E-state index in [2.05, 4.69) is 5.32 Å². The number of amides is 1. The largest absolute Gasteiger partial charge is 0.481 e. The summed E-state index contributed by atoms with van der Waals surface area (Å²) in [5.41, 5.74) is 0.929. The molecule has 0 unspecified atom stereocenters. The molecular formula is C17H23NO4. The van der Waals surface area contributed by atoms with E-state index in [1.165, 1.54) is 6.92 Å². The van der Waals surface area contributed by atoms with E-state index in [-0.39, 0.29) is 18.1 Å². The number of rotatable bonds is 7. The van der Waals surface area contributed by atoms with E-state index in [1.54, 1.807) is 39.0 Å². The van der Waals surface area contributed by atoms with Crippen molar-refractivity contribution in [1.82, 2.24) is 0 Å². The minimum atomic E-state index is -1.03. The molecule has 0 spiro atoms. The van der Waals surface area contributed by atoms with Gasteiger partial charge in [-0.25, -0.2) is 0 Å². The molecule has 1 amide bonds. The van der Waals surface area contributed by atoms with Crippen LogP contribution in [0.1, 0.15) is 56.0 Å². The van der Waals surface area contributed by atoms with Gasteiger partial charge in [-0.3, -0.25) is 14.4 Å². The van der Waals surface area contributed by atoms with Crippen molar-refractivity contribution in [2.24, 2.45) is 5.41 Å². The molecule has 22 heavy (non-hydrogen) atoms. The molecule has 0 atom stereocenters. The summed E-state index contributed by atoms with van der Waals surface area (Å²) in [6.45, 7) is 6.84. The maximum Gasteiger partial charge on any atom is 0.310 e. The topological polar surface area (TPSA) is 83.5 Å². The molecule has 0 aliphatic rings. The molecule has 0 aliphatic carbocycles. The first kappa shape index (κ1) is 17.9. The Morgan fingerprint density at radius 3 is 2.18 bits per heavy atom. The van der Waals surface area contributed by atoms with Gasteiger partial charge in [0, 0.05) is 17.7 Å². The van der Waals surface area contributed by atoms with E-state index in [0.717, 1.165) is 5.56 Å². The van der Waals surface area contributed by atoms with Crippen LogP contribution in [0.5, 0.6) is 0 Å². The van der Waals surface area contributed by atoms with Crippen LogP contribution in [0.4, 0.5) is 5.69 Å². The number of hydrogen-bond acceptors (Lipinski definition) is 3. The molecule has 1 rings (SSSR count). The second kappa shape index (κ2) is 7.20. The lowest BCUT2D eigenvalue weighted by Crippen LogP contribution is -2.34. The number of carboxylic acids is 1. The number of carboxylic acid groups (broad SMARTS) is 1. The van der Waals surface area contributed by atoms with Gasteiger partial charge in [-0.05, 0) is 50.5 Å². The molecule has 0 fully saturated rings. The van der Waals surface area contributed by atoms with Gasteiger partial charge in [-0.2, -0.15) is 0 Å². The van der Waals surface area contributed by atoms with Crippen LogP contribution in [0.3, 0.4) is 0 Å². The first-order valence-electron chi connectivity index (χ1n) is 7.40. The highest BCUT2D eigenvalue weighted by molar-refractivity contribution is 5.97. The molecular weight excluding hydrogens is 282 g/mol. The average Bonchev–Trinajstić information content (AvgIpc) is 2.44. The minimum Gasteiger partial charge on any atom is -0.481 e. The Morgan fingerprint density at radius 2 is 1.77 bits per heavy atom. The number of anilines is 1. The van der Waals surface area contributed by atoms with Crippen molar-refractivity contribution in [3.63, 3.8) is 0 Å². The van der Waals surface area contributed by atoms with E-state index in [9.17, 15) is 19.5 Å². The van der Waals surface area contributed by atoms with Crippen molar-refractivity contribution < 1.29 is 19.5 Å². The molecule has 1 aromatic rings. The highest BCUT2D eigenvalue weighted by atomic mass is 16.4. The van der Waals surface area contributed by atoms with Crippen molar-refractivity contribution in [2.75, 3.05) is 5.32 Å². The summed E-state index contributed by atoms with van der Waals surface area (Å²) in [4.78, 5) is 35.0. The normalized spacial score (nSPS) is 11.1. The van der Waals surface area contributed by atoms with Crippen molar-refractivity contribution in [3.8, 4) is 0 Å². The van der Waals surface area contributed by atoms with Gasteiger partial charge in [0.1, 0.15) is 0 Å². The molecule has 0 saturated heterocycles. The van der Waals surface area contributed by atoms with Gasteiger partial charge in [-0.1, -0.05) is 13.8 Å². The Kier molecular flexibility index (Phi) is 5.85. The number of ketones is 1. The SMILES string of the molecule is CCC(CC)(CC(=O)Nc1ccc(C(C)=O)c(C)c1)C(=O)O. The quantitative estimate of drug-likeness (QED) is 0.756. The Hall–Kier alpha value is -2.17. The third-order valence-electron chi connectivity index (χ3n) is 4.20. The molecule has 0 aliphatic heterocycles. The van der Waals surface area contributed by atoms with Crippen LogP contribution in [0.25, 0.3) is 0 Å². The molecule has 0 saturated carbocycles. The van der Waals surface area contributed by atoms with Gasteiger partial charge < -0.3 is 10.4 Å². The highest BCUT2D eigenvalue weighted by Crippen LogP contribution is 2.31. The minimum absolute atomic E-state index is 0.0303. The van der Waals surface area contributed by atoms with E-state index in [4.69, 9.17) is 0 Å². The van der Waals surface area contributed by atoms with Gasteiger partial charge in [-0.15, -0.1) is 0 Å². The van der Waals surface area contributed by atoms with Crippen molar-refractivity contribution >= 4 is 23.3 Å². The Morgan fingerprint density at radius 1 is 1.18 bits per heavy atom. The summed E-state index contributed by atoms with van der Waals surface area (Å²) in [5.74, 6) is -1.31. The molecule has 5 nitrogen and oxygen atoms in total. The Bertz CT molecular complexity index is 588. The molecule has 0 radical (unpaired) electrons. The summed E-state index contributed by atoms with van der Waals surface area (Å²) in [5, 5.41) is 12.1. The molecule has 5 heteroatoms. The monoisotopic (exact) mass is 305 g/mol. The highest BCUT2D eigenvalue weighted by Gasteiger charge is 2.37. The molecule has 0 aromatic heterocycles. The lowest BCUT2D eigenvalue weighted by Gasteiger charge is -2.25. The maximum atomic E-state index is 12.1. The molecule has 0 bridgehead atoms.